The summed E-state index contributed by atoms with van der Waals surface area (Å²) in [5.41, 5.74) is 1.62. The first-order chi connectivity index (χ1) is 15.4. The summed E-state index contributed by atoms with van der Waals surface area (Å²) in [4.78, 5) is 23.9. The molecule has 0 aliphatic rings. The lowest BCUT2D eigenvalue weighted by molar-refractivity contribution is -0.145. The van der Waals surface area contributed by atoms with E-state index < -0.39 is 5.97 Å². The number of carbonyl (C=O) groups is 2. The fourth-order valence-electron chi connectivity index (χ4n) is 2.89. The van der Waals surface area contributed by atoms with Crippen molar-refractivity contribution in [2.45, 2.75) is 19.9 Å². The number of carbonyl (C=O) groups excluding carboxylic acids is 2. The molecule has 0 radical (unpaired) electrons. The number of amides is 1. The second-order valence-corrected chi connectivity index (χ2v) is 6.68. The molecule has 0 spiro atoms. The van der Waals surface area contributed by atoms with Gasteiger partial charge in [-0.15, -0.1) is 0 Å². The van der Waals surface area contributed by atoms with Crippen LogP contribution >= 0.6 is 0 Å². The van der Waals surface area contributed by atoms with Gasteiger partial charge in [0.1, 0.15) is 0 Å². The summed E-state index contributed by atoms with van der Waals surface area (Å²) in [7, 11) is 4.63. The Kier molecular flexibility index (Phi) is 9.41. The first kappa shape index (κ1) is 24.6. The predicted molar refractivity (Wildman–Crippen MR) is 120 cm³/mol. The predicted octanol–water partition coefficient (Wildman–Crippen LogP) is 3.54. The number of benzene rings is 2. The molecule has 2 aromatic carbocycles. The number of esters is 1. The van der Waals surface area contributed by atoms with E-state index >= 15 is 0 Å². The minimum absolute atomic E-state index is 0.212. The number of hydrogen-bond donors (Lipinski definition) is 1. The highest BCUT2D eigenvalue weighted by atomic mass is 16.6. The summed E-state index contributed by atoms with van der Waals surface area (Å²) >= 11 is 0. The molecule has 8 heteroatoms. The molecule has 1 N–H and O–H groups in total. The summed E-state index contributed by atoms with van der Waals surface area (Å²) in [6.07, 6.45) is 3.14. The molecule has 8 nitrogen and oxygen atoms in total. The van der Waals surface area contributed by atoms with E-state index in [0.29, 0.717) is 23.0 Å². The number of ether oxygens (including phenoxy) is 5. The van der Waals surface area contributed by atoms with Gasteiger partial charge in [-0.3, -0.25) is 4.79 Å². The van der Waals surface area contributed by atoms with Gasteiger partial charge in [-0.05, 0) is 55.3 Å². The lowest BCUT2D eigenvalue weighted by Gasteiger charge is -2.16. The number of hydrogen-bond acceptors (Lipinski definition) is 7. The van der Waals surface area contributed by atoms with Crippen LogP contribution in [0, 0.1) is 0 Å². The first-order valence-electron chi connectivity index (χ1n) is 10.1. The minimum atomic E-state index is -0.458. The molecule has 1 amide bonds. The van der Waals surface area contributed by atoms with E-state index in [-0.39, 0.29) is 25.2 Å². The maximum Gasteiger partial charge on any atom is 0.344 e. The van der Waals surface area contributed by atoms with Crippen molar-refractivity contribution >= 4 is 18.0 Å². The maximum absolute atomic E-state index is 12.4. The van der Waals surface area contributed by atoms with Crippen LogP contribution in [0.5, 0.6) is 23.0 Å². The second-order valence-electron chi connectivity index (χ2n) is 6.68. The molecule has 2 aromatic rings. The molecule has 0 aromatic heterocycles. The van der Waals surface area contributed by atoms with E-state index in [4.69, 9.17) is 23.7 Å². The molecule has 0 saturated heterocycles. The Morgan fingerprint density at radius 3 is 2.25 bits per heavy atom. The Bertz CT molecular complexity index is 955. The fourth-order valence-corrected chi connectivity index (χ4v) is 2.89. The molecular weight excluding hydrogens is 414 g/mol. The van der Waals surface area contributed by atoms with Crippen LogP contribution in [0.4, 0.5) is 0 Å². The second kappa shape index (κ2) is 12.2. The lowest BCUT2D eigenvalue weighted by atomic mass is 10.1. The normalized spacial score (nSPS) is 11.5. The van der Waals surface area contributed by atoms with Crippen LogP contribution in [0.2, 0.25) is 0 Å². The molecule has 0 fully saturated rings. The van der Waals surface area contributed by atoms with Gasteiger partial charge in [-0.2, -0.15) is 0 Å². The topological polar surface area (TPSA) is 92.3 Å². The Morgan fingerprint density at radius 2 is 1.59 bits per heavy atom. The monoisotopic (exact) mass is 443 g/mol. The van der Waals surface area contributed by atoms with Gasteiger partial charge in [0.05, 0.1) is 34.0 Å². The Morgan fingerprint density at radius 1 is 0.938 bits per heavy atom. The standard InChI is InChI=1S/C24H29NO7/c1-6-31-24(27)15-32-20-11-9-18(14-22(20)30-5)16(2)25-23(26)12-8-17-7-10-19(28-3)21(13-17)29-4/h7-14,16H,6,15H2,1-5H3,(H,25,26)/b12-8+/t16-/m1/s1. The smallest absolute Gasteiger partial charge is 0.344 e. The first-order valence-corrected chi connectivity index (χ1v) is 10.1. The summed E-state index contributed by atoms with van der Waals surface area (Å²) < 4.78 is 26.2. The van der Waals surface area contributed by atoms with Gasteiger partial charge in [0, 0.05) is 6.08 Å². The molecule has 0 unspecified atom stereocenters. The molecule has 0 aliphatic heterocycles. The summed E-state index contributed by atoms with van der Waals surface area (Å²) in [6.45, 7) is 3.66. The third kappa shape index (κ3) is 6.94. The van der Waals surface area contributed by atoms with Gasteiger partial charge in [0.15, 0.2) is 29.6 Å². The minimum Gasteiger partial charge on any atom is -0.493 e. The third-order valence-electron chi connectivity index (χ3n) is 4.53. The highest BCUT2D eigenvalue weighted by molar-refractivity contribution is 5.92. The number of nitrogens with one attached hydrogen (secondary N) is 1. The van der Waals surface area contributed by atoms with Gasteiger partial charge >= 0.3 is 5.97 Å². The van der Waals surface area contributed by atoms with E-state index in [2.05, 4.69) is 5.32 Å². The molecule has 0 heterocycles. The van der Waals surface area contributed by atoms with Crippen LogP contribution < -0.4 is 24.3 Å². The quantitative estimate of drug-likeness (QED) is 0.419. The zero-order valence-corrected chi connectivity index (χ0v) is 19.0. The van der Waals surface area contributed by atoms with E-state index in [1.165, 1.54) is 13.2 Å². The van der Waals surface area contributed by atoms with Gasteiger partial charge < -0.3 is 29.0 Å². The van der Waals surface area contributed by atoms with Crippen molar-refractivity contribution < 1.29 is 33.3 Å². The number of rotatable bonds is 11. The molecule has 172 valence electrons. The molecular formula is C24H29NO7. The van der Waals surface area contributed by atoms with Crippen molar-refractivity contribution in [1.82, 2.24) is 5.32 Å². The molecule has 0 saturated carbocycles. The van der Waals surface area contributed by atoms with E-state index in [1.807, 2.05) is 13.0 Å². The van der Waals surface area contributed by atoms with Crippen molar-refractivity contribution in [3.05, 3.63) is 53.6 Å². The van der Waals surface area contributed by atoms with E-state index in [9.17, 15) is 9.59 Å². The van der Waals surface area contributed by atoms with Gasteiger partial charge in [0.25, 0.3) is 0 Å². The summed E-state index contributed by atoms with van der Waals surface area (Å²) in [6, 6.07) is 10.3. The van der Waals surface area contributed by atoms with Gasteiger partial charge in [-0.25, -0.2) is 4.79 Å². The fraction of sp³-hybridized carbons (Fsp3) is 0.333. The van der Waals surface area contributed by atoms with Crippen LogP contribution in [0.25, 0.3) is 6.08 Å². The van der Waals surface area contributed by atoms with Gasteiger partial charge in [-0.1, -0.05) is 12.1 Å². The largest absolute Gasteiger partial charge is 0.493 e. The van der Waals surface area contributed by atoms with Crippen molar-refractivity contribution in [2.75, 3.05) is 34.5 Å². The molecule has 0 aliphatic carbocycles. The maximum atomic E-state index is 12.4. The zero-order valence-electron chi connectivity index (χ0n) is 19.0. The molecule has 32 heavy (non-hydrogen) atoms. The molecule has 1 atom stereocenters. The van der Waals surface area contributed by atoms with Crippen LogP contribution in [0.15, 0.2) is 42.5 Å². The van der Waals surface area contributed by atoms with Gasteiger partial charge in [0.2, 0.25) is 5.91 Å². The Hall–Kier alpha value is -3.68. The zero-order chi connectivity index (χ0) is 23.5. The SMILES string of the molecule is CCOC(=O)COc1ccc([C@@H](C)NC(=O)/C=C/c2ccc(OC)c(OC)c2)cc1OC. The van der Waals surface area contributed by atoms with E-state index in [1.54, 1.807) is 57.6 Å². The summed E-state index contributed by atoms with van der Waals surface area (Å²) in [5.74, 6) is 1.35. The molecule has 2 rings (SSSR count). The van der Waals surface area contributed by atoms with Crippen LogP contribution in [-0.4, -0.2) is 46.4 Å². The van der Waals surface area contributed by atoms with Crippen molar-refractivity contribution in [3.63, 3.8) is 0 Å². The average molecular weight is 443 g/mol. The Labute approximate surface area is 188 Å². The highest BCUT2D eigenvalue weighted by Gasteiger charge is 2.13. The average Bonchev–Trinajstić information content (AvgIpc) is 2.81. The lowest BCUT2D eigenvalue weighted by Crippen LogP contribution is -2.24. The van der Waals surface area contributed by atoms with Crippen molar-refractivity contribution in [3.8, 4) is 23.0 Å². The summed E-state index contributed by atoms with van der Waals surface area (Å²) in [5, 5.41) is 2.90. The van der Waals surface area contributed by atoms with Crippen LogP contribution in [-0.2, 0) is 14.3 Å². The Balaban J connectivity index is 2.02. The van der Waals surface area contributed by atoms with Crippen LogP contribution in [0.1, 0.15) is 31.0 Å². The highest BCUT2D eigenvalue weighted by Crippen LogP contribution is 2.30. The molecule has 0 bridgehead atoms. The van der Waals surface area contributed by atoms with Crippen molar-refractivity contribution in [2.24, 2.45) is 0 Å². The van der Waals surface area contributed by atoms with E-state index in [0.717, 1.165) is 11.1 Å². The third-order valence-corrected chi connectivity index (χ3v) is 4.53. The van der Waals surface area contributed by atoms with Crippen molar-refractivity contribution in [1.29, 1.82) is 0 Å². The number of methoxy groups -OCH3 is 3. The van der Waals surface area contributed by atoms with Crippen LogP contribution in [0.3, 0.4) is 0 Å².